The van der Waals surface area contributed by atoms with Crippen molar-refractivity contribution in [1.29, 1.82) is 0 Å². The Morgan fingerprint density at radius 3 is 2.46 bits per heavy atom. The first-order valence-corrected chi connectivity index (χ1v) is 4.22. The summed E-state index contributed by atoms with van der Waals surface area (Å²) in [5.41, 5.74) is 0.584. The topological polar surface area (TPSA) is 18.5 Å². The van der Waals surface area contributed by atoms with E-state index in [0.717, 1.165) is 0 Å². The van der Waals surface area contributed by atoms with Crippen LogP contribution in [0.15, 0.2) is 12.1 Å². The van der Waals surface area contributed by atoms with Crippen LogP contribution in [0.5, 0.6) is 11.5 Å². The molecule has 0 amide bonds. The molecule has 1 rings (SSSR count). The number of halogens is 2. The lowest BCUT2D eigenvalue weighted by Gasteiger charge is -2.10. The van der Waals surface area contributed by atoms with Crippen LogP contribution in [0, 0.1) is 5.82 Å². The van der Waals surface area contributed by atoms with Crippen molar-refractivity contribution in [2.24, 2.45) is 0 Å². The Labute approximate surface area is 81.2 Å². The van der Waals surface area contributed by atoms with E-state index in [0.29, 0.717) is 17.1 Å². The molecule has 0 aliphatic rings. The molecule has 0 aromatic heterocycles. The van der Waals surface area contributed by atoms with Crippen LogP contribution in [-0.4, -0.2) is 14.2 Å². The summed E-state index contributed by atoms with van der Waals surface area (Å²) in [5.74, 6) is 0.655. The maximum absolute atomic E-state index is 12.9. The van der Waals surface area contributed by atoms with Crippen LogP contribution in [0.3, 0.4) is 0 Å². The molecule has 0 bridgehead atoms. The Bertz CT molecular complexity index is 277. The van der Waals surface area contributed by atoms with Crippen molar-refractivity contribution >= 4 is 11.6 Å². The van der Waals surface area contributed by atoms with Gasteiger partial charge in [-0.1, -0.05) is 0 Å². The zero-order valence-corrected chi connectivity index (χ0v) is 8.19. The van der Waals surface area contributed by atoms with Crippen LogP contribution in [0.2, 0.25) is 0 Å². The second kappa shape index (κ2) is 4.33. The SMILES string of the molecule is COc1cc(F)cc(CCl)c1OC. The summed E-state index contributed by atoms with van der Waals surface area (Å²) >= 11 is 5.61. The molecular weight excluding hydrogens is 195 g/mol. The van der Waals surface area contributed by atoms with Gasteiger partial charge in [0.05, 0.1) is 20.1 Å². The van der Waals surface area contributed by atoms with Gasteiger partial charge in [-0.3, -0.25) is 0 Å². The monoisotopic (exact) mass is 204 g/mol. The summed E-state index contributed by atoms with van der Waals surface area (Å²) in [6, 6.07) is 2.59. The molecule has 0 fully saturated rings. The van der Waals surface area contributed by atoms with Crippen molar-refractivity contribution in [2.75, 3.05) is 14.2 Å². The van der Waals surface area contributed by atoms with E-state index in [-0.39, 0.29) is 11.7 Å². The summed E-state index contributed by atoms with van der Waals surface area (Å²) < 4.78 is 22.9. The molecule has 2 nitrogen and oxygen atoms in total. The Kier molecular flexibility index (Phi) is 3.37. The molecule has 4 heteroatoms. The van der Waals surface area contributed by atoms with Crippen LogP contribution in [0.1, 0.15) is 5.56 Å². The Morgan fingerprint density at radius 1 is 1.31 bits per heavy atom. The van der Waals surface area contributed by atoms with Gasteiger partial charge in [0, 0.05) is 11.6 Å². The van der Waals surface area contributed by atoms with Crippen molar-refractivity contribution in [3.63, 3.8) is 0 Å². The predicted octanol–water partition coefficient (Wildman–Crippen LogP) is 2.58. The van der Waals surface area contributed by atoms with Gasteiger partial charge in [0.2, 0.25) is 0 Å². The van der Waals surface area contributed by atoms with Gasteiger partial charge in [-0.2, -0.15) is 0 Å². The second-order valence-electron chi connectivity index (χ2n) is 2.43. The van der Waals surface area contributed by atoms with Gasteiger partial charge >= 0.3 is 0 Å². The van der Waals surface area contributed by atoms with Gasteiger partial charge in [-0.15, -0.1) is 11.6 Å². The smallest absolute Gasteiger partial charge is 0.165 e. The van der Waals surface area contributed by atoms with Crippen LogP contribution < -0.4 is 9.47 Å². The van der Waals surface area contributed by atoms with Gasteiger partial charge in [-0.05, 0) is 6.07 Å². The van der Waals surface area contributed by atoms with Crippen molar-refractivity contribution in [3.05, 3.63) is 23.5 Å². The summed E-state index contributed by atoms with van der Waals surface area (Å²) in [5, 5.41) is 0. The average molecular weight is 205 g/mol. The summed E-state index contributed by atoms with van der Waals surface area (Å²) in [6.45, 7) is 0. The minimum Gasteiger partial charge on any atom is -0.493 e. The highest BCUT2D eigenvalue weighted by Gasteiger charge is 2.11. The highest BCUT2D eigenvalue weighted by atomic mass is 35.5. The standard InChI is InChI=1S/C9H10ClFO2/c1-12-8-4-7(11)3-6(5-10)9(8)13-2/h3-4H,5H2,1-2H3. The summed E-state index contributed by atoms with van der Waals surface area (Å²) in [6.07, 6.45) is 0. The normalized spacial score (nSPS) is 9.85. The highest BCUT2D eigenvalue weighted by Crippen LogP contribution is 2.32. The lowest BCUT2D eigenvalue weighted by Crippen LogP contribution is -1.95. The van der Waals surface area contributed by atoms with E-state index in [1.54, 1.807) is 0 Å². The first kappa shape index (κ1) is 10.1. The fourth-order valence-electron chi connectivity index (χ4n) is 1.11. The maximum atomic E-state index is 12.9. The maximum Gasteiger partial charge on any atom is 0.165 e. The number of rotatable bonds is 3. The number of hydrogen-bond donors (Lipinski definition) is 0. The molecule has 0 spiro atoms. The van der Waals surface area contributed by atoms with E-state index >= 15 is 0 Å². The summed E-state index contributed by atoms with van der Waals surface area (Å²) in [4.78, 5) is 0. The molecule has 72 valence electrons. The third-order valence-corrected chi connectivity index (χ3v) is 1.95. The molecule has 0 atom stereocenters. The number of benzene rings is 1. The highest BCUT2D eigenvalue weighted by molar-refractivity contribution is 6.17. The van der Waals surface area contributed by atoms with E-state index in [2.05, 4.69) is 0 Å². The van der Waals surface area contributed by atoms with Crippen molar-refractivity contribution in [1.82, 2.24) is 0 Å². The fourth-order valence-corrected chi connectivity index (χ4v) is 1.30. The number of ether oxygens (including phenoxy) is 2. The molecule has 0 saturated carbocycles. The van der Waals surface area contributed by atoms with Crippen LogP contribution in [0.4, 0.5) is 4.39 Å². The molecule has 0 aliphatic carbocycles. The lowest BCUT2D eigenvalue weighted by molar-refractivity contribution is 0.350. The van der Waals surface area contributed by atoms with Gasteiger partial charge in [-0.25, -0.2) is 4.39 Å². The number of alkyl halides is 1. The Morgan fingerprint density at radius 2 is 2.00 bits per heavy atom. The fraction of sp³-hybridized carbons (Fsp3) is 0.333. The zero-order chi connectivity index (χ0) is 9.84. The molecule has 0 saturated heterocycles. The van der Waals surface area contributed by atoms with Gasteiger partial charge in [0.1, 0.15) is 5.82 Å². The third kappa shape index (κ3) is 2.04. The molecule has 1 aromatic rings. The average Bonchev–Trinajstić information content (AvgIpc) is 2.16. The number of methoxy groups -OCH3 is 2. The predicted molar refractivity (Wildman–Crippen MR) is 49.1 cm³/mol. The van der Waals surface area contributed by atoms with E-state index in [1.807, 2.05) is 0 Å². The quantitative estimate of drug-likeness (QED) is 0.705. The van der Waals surface area contributed by atoms with Crippen molar-refractivity contribution in [2.45, 2.75) is 5.88 Å². The zero-order valence-electron chi connectivity index (χ0n) is 7.43. The van der Waals surface area contributed by atoms with Gasteiger partial charge in [0.25, 0.3) is 0 Å². The Hall–Kier alpha value is -0.960. The van der Waals surface area contributed by atoms with E-state index in [9.17, 15) is 4.39 Å². The van der Waals surface area contributed by atoms with E-state index in [4.69, 9.17) is 21.1 Å². The van der Waals surface area contributed by atoms with E-state index < -0.39 is 0 Å². The van der Waals surface area contributed by atoms with Crippen LogP contribution in [-0.2, 0) is 5.88 Å². The van der Waals surface area contributed by atoms with Crippen LogP contribution in [0.25, 0.3) is 0 Å². The molecule has 0 N–H and O–H groups in total. The Balaban J connectivity index is 3.25. The molecule has 0 radical (unpaired) electrons. The lowest BCUT2D eigenvalue weighted by atomic mass is 10.2. The minimum atomic E-state index is -0.381. The first-order chi connectivity index (χ1) is 6.22. The van der Waals surface area contributed by atoms with Crippen molar-refractivity contribution < 1.29 is 13.9 Å². The largest absolute Gasteiger partial charge is 0.493 e. The molecule has 1 aromatic carbocycles. The third-order valence-electron chi connectivity index (χ3n) is 1.66. The van der Waals surface area contributed by atoms with E-state index in [1.165, 1.54) is 26.4 Å². The van der Waals surface area contributed by atoms with Gasteiger partial charge in [0.15, 0.2) is 11.5 Å². The first-order valence-electron chi connectivity index (χ1n) is 3.69. The molecule has 0 heterocycles. The second-order valence-corrected chi connectivity index (χ2v) is 2.70. The van der Waals surface area contributed by atoms with Crippen molar-refractivity contribution in [3.8, 4) is 11.5 Å². The molecule has 0 unspecified atom stereocenters. The van der Waals surface area contributed by atoms with Crippen LogP contribution >= 0.6 is 11.6 Å². The molecule has 13 heavy (non-hydrogen) atoms. The summed E-state index contributed by atoms with van der Waals surface area (Å²) in [7, 11) is 2.95. The van der Waals surface area contributed by atoms with Gasteiger partial charge < -0.3 is 9.47 Å². The molecule has 0 aliphatic heterocycles. The number of hydrogen-bond acceptors (Lipinski definition) is 2. The molecular formula is C9H10ClFO2. The minimum absolute atomic E-state index is 0.192.